The van der Waals surface area contributed by atoms with E-state index in [9.17, 15) is 14.0 Å². The maximum Gasteiger partial charge on any atom is 0.157 e. The van der Waals surface area contributed by atoms with Crippen LogP contribution in [0.25, 0.3) is 16.6 Å². The van der Waals surface area contributed by atoms with Crippen LogP contribution in [0.3, 0.4) is 0 Å². The number of hydrogen-bond donors (Lipinski definition) is 1. The molecule has 24 heavy (non-hydrogen) atoms. The normalized spacial score (nSPS) is 12.2. The molecule has 3 rings (SSSR count). The molecule has 122 valence electrons. The van der Waals surface area contributed by atoms with Gasteiger partial charge in [0, 0.05) is 11.3 Å². The summed E-state index contributed by atoms with van der Waals surface area (Å²) < 4.78 is 22.7. The van der Waals surface area contributed by atoms with E-state index in [0.717, 1.165) is 34.3 Å². The number of aromatic nitrogens is 2. The Morgan fingerprint density at radius 2 is 2.12 bits per heavy atom. The van der Waals surface area contributed by atoms with Crippen LogP contribution in [0.2, 0.25) is 0 Å². The van der Waals surface area contributed by atoms with Crippen molar-refractivity contribution in [1.29, 1.82) is 5.26 Å². The van der Waals surface area contributed by atoms with Crippen molar-refractivity contribution < 1.29 is 8.76 Å². The highest BCUT2D eigenvalue weighted by Gasteiger charge is 2.18. The molecule has 0 saturated carbocycles. The lowest BCUT2D eigenvalue weighted by atomic mass is 9.98. The highest BCUT2D eigenvalue weighted by molar-refractivity contribution is 7.78. The van der Waals surface area contributed by atoms with Gasteiger partial charge in [0.1, 0.15) is 0 Å². The molecule has 0 radical (unpaired) electrons. The van der Waals surface area contributed by atoms with Crippen molar-refractivity contribution in [3.63, 3.8) is 0 Å². The molecule has 0 bridgehead atoms. The van der Waals surface area contributed by atoms with Gasteiger partial charge in [0.05, 0.1) is 28.6 Å². The fraction of sp³-hybridized carbons (Fsp3) is 0.222. The minimum absolute atomic E-state index is 0.00802. The van der Waals surface area contributed by atoms with E-state index in [-0.39, 0.29) is 5.75 Å². The number of benzene rings is 1. The van der Waals surface area contributed by atoms with Gasteiger partial charge in [0.2, 0.25) is 0 Å². The standard InChI is InChI=1S/C18H17N3O2S/c1-3-15-7-8-17-18(14-6-4-5-13(9-14)10-19)16(11-24(22)23)12(2)20-21(15)17/h4-9H,3,11H2,1-2H3,(H,22,23). The van der Waals surface area contributed by atoms with E-state index in [1.807, 2.05) is 35.7 Å². The predicted octanol–water partition coefficient (Wildman–Crippen LogP) is 3.47. The molecule has 1 unspecified atom stereocenters. The van der Waals surface area contributed by atoms with Crippen LogP contribution in [-0.4, -0.2) is 18.4 Å². The molecule has 0 saturated heterocycles. The van der Waals surface area contributed by atoms with Crippen LogP contribution in [0.4, 0.5) is 0 Å². The second-order valence-electron chi connectivity index (χ2n) is 5.57. The van der Waals surface area contributed by atoms with E-state index in [1.54, 1.807) is 12.1 Å². The maximum atomic E-state index is 11.4. The number of nitriles is 1. The first-order chi connectivity index (χ1) is 11.5. The molecule has 1 aromatic carbocycles. The van der Waals surface area contributed by atoms with Crippen molar-refractivity contribution in [3.05, 3.63) is 58.9 Å². The van der Waals surface area contributed by atoms with E-state index < -0.39 is 11.1 Å². The molecule has 6 heteroatoms. The Kier molecular flexibility index (Phi) is 4.47. The van der Waals surface area contributed by atoms with Crippen LogP contribution in [-0.2, 0) is 23.3 Å². The fourth-order valence-corrected chi connectivity index (χ4v) is 3.56. The zero-order valence-corrected chi connectivity index (χ0v) is 14.3. The Bertz CT molecular complexity index is 986. The zero-order valence-electron chi connectivity index (χ0n) is 13.5. The minimum atomic E-state index is -1.97. The van der Waals surface area contributed by atoms with Gasteiger partial charge in [-0.3, -0.25) is 0 Å². The van der Waals surface area contributed by atoms with E-state index >= 15 is 0 Å². The molecule has 2 aromatic heterocycles. The molecule has 0 aliphatic carbocycles. The lowest BCUT2D eigenvalue weighted by molar-refractivity contribution is 0.563. The summed E-state index contributed by atoms with van der Waals surface area (Å²) in [6, 6.07) is 13.4. The third-order valence-electron chi connectivity index (χ3n) is 4.09. The maximum absolute atomic E-state index is 11.4. The molecule has 3 aromatic rings. The van der Waals surface area contributed by atoms with Gasteiger partial charge in [0.15, 0.2) is 11.1 Å². The molecule has 0 amide bonds. The van der Waals surface area contributed by atoms with Crippen LogP contribution < -0.4 is 0 Å². The summed E-state index contributed by atoms with van der Waals surface area (Å²) in [4.78, 5) is 0. The Hall–Kier alpha value is -2.49. The Balaban J connectivity index is 2.39. The summed E-state index contributed by atoms with van der Waals surface area (Å²) in [5.74, 6) is 0.00802. The van der Waals surface area contributed by atoms with Crippen LogP contribution in [0.15, 0.2) is 36.4 Å². The number of hydrogen-bond acceptors (Lipinski definition) is 3. The van der Waals surface area contributed by atoms with Gasteiger partial charge in [-0.05, 0) is 48.7 Å². The predicted molar refractivity (Wildman–Crippen MR) is 93.9 cm³/mol. The smallest absolute Gasteiger partial charge is 0.157 e. The average Bonchev–Trinajstić information content (AvgIpc) is 2.97. The molecule has 2 heterocycles. The van der Waals surface area contributed by atoms with Gasteiger partial charge in [-0.25, -0.2) is 8.72 Å². The highest BCUT2D eigenvalue weighted by atomic mass is 32.2. The van der Waals surface area contributed by atoms with Crippen molar-refractivity contribution in [3.8, 4) is 17.2 Å². The quantitative estimate of drug-likeness (QED) is 0.738. The molecular formula is C18H17N3O2S. The highest BCUT2D eigenvalue weighted by Crippen LogP contribution is 2.32. The van der Waals surface area contributed by atoms with Gasteiger partial charge in [-0.1, -0.05) is 19.1 Å². The number of rotatable bonds is 4. The molecule has 0 aliphatic rings. The molecule has 1 N–H and O–H groups in total. The number of aryl methyl sites for hydroxylation is 2. The van der Waals surface area contributed by atoms with Crippen LogP contribution in [0, 0.1) is 18.3 Å². The second-order valence-corrected chi connectivity index (χ2v) is 6.50. The Labute approximate surface area is 142 Å². The average molecular weight is 339 g/mol. The van der Waals surface area contributed by atoms with Crippen LogP contribution >= 0.6 is 0 Å². The number of fused-ring (bicyclic) bond motifs is 1. The summed E-state index contributed by atoms with van der Waals surface area (Å²) in [5, 5.41) is 13.8. The van der Waals surface area contributed by atoms with Crippen molar-refractivity contribution >= 4 is 16.6 Å². The van der Waals surface area contributed by atoms with Gasteiger partial charge < -0.3 is 4.55 Å². The molecular weight excluding hydrogens is 322 g/mol. The molecule has 0 aliphatic heterocycles. The SMILES string of the molecule is CCc1ccc2c(-c3cccc(C#N)c3)c(CS(=O)O)c(C)nn12. The van der Waals surface area contributed by atoms with Crippen molar-refractivity contribution in [2.45, 2.75) is 26.0 Å². The topological polar surface area (TPSA) is 78.4 Å². The Morgan fingerprint density at radius 1 is 1.33 bits per heavy atom. The zero-order chi connectivity index (χ0) is 17.3. The third kappa shape index (κ3) is 2.84. The fourth-order valence-electron chi connectivity index (χ4n) is 2.96. The third-order valence-corrected chi connectivity index (χ3v) is 4.62. The second kappa shape index (κ2) is 6.56. The largest absolute Gasteiger partial charge is 0.306 e. The lowest BCUT2D eigenvalue weighted by Gasteiger charge is -2.15. The summed E-state index contributed by atoms with van der Waals surface area (Å²) >= 11 is -1.97. The van der Waals surface area contributed by atoms with Crippen LogP contribution in [0.1, 0.15) is 29.4 Å². The van der Waals surface area contributed by atoms with E-state index in [1.165, 1.54) is 0 Å². The van der Waals surface area contributed by atoms with Crippen molar-refractivity contribution in [1.82, 2.24) is 9.61 Å². The molecule has 1 atom stereocenters. The summed E-state index contributed by atoms with van der Waals surface area (Å²) in [6.45, 7) is 3.91. The first-order valence-electron chi connectivity index (χ1n) is 7.63. The summed E-state index contributed by atoms with van der Waals surface area (Å²) in [6.07, 6.45) is 0.837. The molecule has 5 nitrogen and oxygen atoms in total. The van der Waals surface area contributed by atoms with Gasteiger partial charge in [-0.2, -0.15) is 10.4 Å². The monoisotopic (exact) mass is 339 g/mol. The van der Waals surface area contributed by atoms with Crippen LogP contribution in [0.5, 0.6) is 0 Å². The van der Waals surface area contributed by atoms with E-state index in [4.69, 9.17) is 0 Å². The van der Waals surface area contributed by atoms with E-state index in [2.05, 4.69) is 18.1 Å². The number of nitrogens with zero attached hydrogens (tertiary/aromatic N) is 3. The first kappa shape index (κ1) is 16.4. The van der Waals surface area contributed by atoms with E-state index in [0.29, 0.717) is 11.3 Å². The van der Waals surface area contributed by atoms with Crippen molar-refractivity contribution in [2.24, 2.45) is 0 Å². The molecule has 0 spiro atoms. The van der Waals surface area contributed by atoms with Gasteiger partial charge >= 0.3 is 0 Å². The lowest BCUT2D eigenvalue weighted by Crippen LogP contribution is -2.07. The molecule has 0 fully saturated rings. The Morgan fingerprint density at radius 3 is 2.79 bits per heavy atom. The summed E-state index contributed by atoms with van der Waals surface area (Å²) in [5.41, 5.74) is 5.67. The van der Waals surface area contributed by atoms with Crippen molar-refractivity contribution in [2.75, 3.05) is 0 Å². The van der Waals surface area contributed by atoms with Gasteiger partial charge in [-0.15, -0.1) is 0 Å². The minimum Gasteiger partial charge on any atom is -0.306 e. The summed E-state index contributed by atoms with van der Waals surface area (Å²) in [7, 11) is 0. The van der Waals surface area contributed by atoms with Gasteiger partial charge in [0.25, 0.3) is 0 Å². The first-order valence-corrected chi connectivity index (χ1v) is 8.90.